The van der Waals surface area contributed by atoms with Crippen molar-refractivity contribution in [2.75, 3.05) is 33.4 Å². The van der Waals surface area contributed by atoms with Crippen molar-refractivity contribution in [1.82, 2.24) is 4.90 Å². The maximum Gasteiger partial charge on any atom is 0.0593 e. The number of unbranched alkanes of at least 4 members (excludes halogenated alkanes) is 1. The zero-order valence-corrected chi connectivity index (χ0v) is 11.7. The molecule has 1 aliphatic rings. The lowest BCUT2D eigenvalue weighted by Crippen LogP contribution is -2.44. The molecule has 1 saturated carbocycles. The Morgan fingerprint density at radius 1 is 1.24 bits per heavy atom. The lowest BCUT2D eigenvalue weighted by Gasteiger charge is -2.37. The van der Waals surface area contributed by atoms with Crippen LogP contribution >= 0.6 is 0 Å². The molecule has 2 atom stereocenters. The van der Waals surface area contributed by atoms with Crippen LogP contribution in [0.5, 0.6) is 0 Å². The summed E-state index contributed by atoms with van der Waals surface area (Å²) in [6.07, 6.45) is 7.74. The van der Waals surface area contributed by atoms with E-state index < -0.39 is 0 Å². The Hall–Kier alpha value is -0.120. The van der Waals surface area contributed by atoms with E-state index in [0.29, 0.717) is 12.0 Å². The lowest BCUT2D eigenvalue weighted by molar-refractivity contribution is 0.0713. The van der Waals surface area contributed by atoms with Crippen molar-refractivity contribution < 1.29 is 4.74 Å². The summed E-state index contributed by atoms with van der Waals surface area (Å²) >= 11 is 0. The Balaban J connectivity index is 2.18. The van der Waals surface area contributed by atoms with Crippen molar-refractivity contribution in [3.05, 3.63) is 0 Å². The second-order valence-corrected chi connectivity index (χ2v) is 5.29. The topological polar surface area (TPSA) is 38.5 Å². The first-order valence-corrected chi connectivity index (χ1v) is 7.27. The number of nitrogens with two attached hydrogens (primary N) is 1. The molecule has 1 fully saturated rings. The van der Waals surface area contributed by atoms with Crippen LogP contribution in [0.15, 0.2) is 0 Å². The van der Waals surface area contributed by atoms with Gasteiger partial charge in [-0.05, 0) is 38.8 Å². The molecule has 17 heavy (non-hydrogen) atoms. The largest absolute Gasteiger partial charge is 0.380 e. The van der Waals surface area contributed by atoms with Gasteiger partial charge < -0.3 is 15.4 Å². The van der Waals surface area contributed by atoms with Gasteiger partial charge in [-0.1, -0.05) is 26.2 Å². The van der Waals surface area contributed by atoms with E-state index >= 15 is 0 Å². The van der Waals surface area contributed by atoms with Gasteiger partial charge in [0.15, 0.2) is 0 Å². The number of hydrogen-bond acceptors (Lipinski definition) is 3. The molecule has 2 N–H and O–H groups in total. The summed E-state index contributed by atoms with van der Waals surface area (Å²) in [6, 6.07) is 0.684. The molecule has 0 saturated heterocycles. The predicted molar refractivity (Wildman–Crippen MR) is 73.2 cm³/mol. The van der Waals surface area contributed by atoms with Gasteiger partial charge in [0.2, 0.25) is 0 Å². The minimum Gasteiger partial charge on any atom is -0.380 e. The lowest BCUT2D eigenvalue weighted by atomic mass is 9.84. The van der Waals surface area contributed by atoms with Gasteiger partial charge >= 0.3 is 0 Å². The summed E-state index contributed by atoms with van der Waals surface area (Å²) in [7, 11) is 2.22. The summed E-state index contributed by atoms with van der Waals surface area (Å²) in [5.74, 6) is 0.699. The van der Waals surface area contributed by atoms with Crippen LogP contribution in [-0.4, -0.2) is 44.3 Å². The fourth-order valence-electron chi connectivity index (χ4n) is 2.77. The zero-order chi connectivity index (χ0) is 12.5. The van der Waals surface area contributed by atoms with E-state index in [1.807, 2.05) is 0 Å². The molecule has 1 rings (SSSR count). The molecule has 102 valence electrons. The predicted octanol–water partition coefficient (Wildman–Crippen LogP) is 2.25. The van der Waals surface area contributed by atoms with E-state index in [2.05, 4.69) is 18.9 Å². The molecule has 0 spiro atoms. The van der Waals surface area contributed by atoms with E-state index in [1.54, 1.807) is 0 Å². The van der Waals surface area contributed by atoms with Gasteiger partial charge in [-0.3, -0.25) is 0 Å². The first-order chi connectivity index (χ1) is 8.29. The second kappa shape index (κ2) is 8.90. The average Bonchev–Trinajstić information content (AvgIpc) is 2.38. The molecule has 0 aromatic carbocycles. The standard InChI is InChI=1S/C14H30N2O/c1-3-4-10-17-11-9-16(2)14-8-6-5-7-13(14)12-15/h13-14H,3-12,15H2,1-2H3. The van der Waals surface area contributed by atoms with Crippen molar-refractivity contribution in [2.24, 2.45) is 11.7 Å². The Labute approximate surface area is 107 Å². The normalized spacial score (nSPS) is 25.4. The van der Waals surface area contributed by atoms with Gasteiger partial charge in [-0.2, -0.15) is 0 Å². The third-order valence-electron chi connectivity index (χ3n) is 3.97. The van der Waals surface area contributed by atoms with Crippen LogP contribution in [0, 0.1) is 5.92 Å². The zero-order valence-electron chi connectivity index (χ0n) is 11.7. The molecule has 0 radical (unpaired) electrons. The average molecular weight is 242 g/mol. The van der Waals surface area contributed by atoms with Crippen molar-refractivity contribution in [1.29, 1.82) is 0 Å². The Kier molecular flexibility index (Phi) is 7.82. The van der Waals surface area contributed by atoms with Crippen molar-refractivity contribution >= 4 is 0 Å². The fraction of sp³-hybridized carbons (Fsp3) is 1.00. The maximum absolute atomic E-state index is 5.87. The van der Waals surface area contributed by atoms with Crippen LogP contribution in [0.1, 0.15) is 45.4 Å². The molecule has 0 bridgehead atoms. The smallest absolute Gasteiger partial charge is 0.0593 e. The number of ether oxygens (including phenoxy) is 1. The van der Waals surface area contributed by atoms with Gasteiger partial charge in [0.05, 0.1) is 6.61 Å². The SMILES string of the molecule is CCCCOCCN(C)C1CCCCC1CN. The highest BCUT2D eigenvalue weighted by Crippen LogP contribution is 2.26. The molecule has 3 nitrogen and oxygen atoms in total. The molecule has 0 aromatic rings. The summed E-state index contributed by atoms with van der Waals surface area (Å²) < 4.78 is 5.63. The van der Waals surface area contributed by atoms with Gasteiger partial charge in [0, 0.05) is 19.2 Å². The molecule has 2 unspecified atom stereocenters. The molecule has 1 aliphatic carbocycles. The first-order valence-electron chi connectivity index (χ1n) is 7.27. The van der Waals surface area contributed by atoms with Crippen LogP contribution in [0.2, 0.25) is 0 Å². The monoisotopic (exact) mass is 242 g/mol. The van der Waals surface area contributed by atoms with E-state index in [0.717, 1.165) is 26.3 Å². The third kappa shape index (κ3) is 5.36. The quantitative estimate of drug-likeness (QED) is 0.664. The summed E-state index contributed by atoms with van der Waals surface area (Å²) in [5, 5.41) is 0. The molecule has 0 amide bonds. The molecule has 0 aliphatic heterocycles. The van der Waals surface area contributed by atoms with Crippen LogP contribution in [0.4, 0.5) is 0 Å². The third-order valence-corrected chi connectivity index (χ3v) is 3.97. The molecular weight excluding hydrogens is 212 g/mol. The number of hydrogen-bond donors (Lipinski definition) is 1. The summed E-state index contributed by atoms with van der Waals surface area (Å²) in [6.45, 7) is 5.86. The highest BCUT2D eigenvalue weighted by molar-refractivity contribution is 4.82. The van der Waals surface area contributed by atoms with Crippen LogP contribution in [0.3, 0.4) is 0 Å². The van der Waals surface area contributed by atoms with Crippen molar-refractivity contribution in [3.63, 3.8) is 0 Å². The van der Waals surface area contributed by atoms with Gasteiger partial charge in [0.25, 0.3) is 0 Å². The van der Waals surface area contributed by atoms with Crippen molar-refractivity contribution in [3.8, 4) is 0 Å². The second-order valence-electron chi connectivity index (χ2n) is 5.29. The van der Waals surface area contributed by atoms with Gasteiger partial charge in [-0.25, -0.2) is 0 Å². The van der Waals surface area contributed by atoms with Crippen LogP contribution < -0.4 is 5.73 Å². The maximum atomic E-state index is 5.87. The van der Waals surface area contributed by atoms with Crippen LogP contribution in [0.25, 0.3) is 0 Å². The van der Waals surface area contributed by atoms with E-state index in [4.69, 9.17) is 10.5 Å². The highest BCUT2D eigenvalue weighted by atomic mass is 16.5. The molecular formula is C14H30N2O. The van der Waals surface area contributed by atoms with Gasteiger partial charge in [-0.15, -0.1) is 0 Å². The van der Waals surface area contributed by atoms with Gasteiger partial charge in [0.1, 0.15) is 0 Å². The molecule has 0 heterocycles. The molecule has 0 aromatic heterocycles. The minimum atomic E-state index is 0.684. The van der Waals surface area contributed by atoms with E-state index in [-0.39, 0.29) is 0 Å². The van der Waals surface area contributed by atoms with E-state index in [1.165, 1.54) is 38.5 Å². The Morgan fingerprint density at radius 3 is 2.71 bits per heavy atom. The number of rotatable bonds is 8. The molecule has 3 heteroatoms. The van der Waals surface area contributed by atoms with E-state index in [9.17, 15) is 0 Å². The highest BCUT2D eigenvalue weighted by Gasteiger charge is 2.26. The number of nitrogens with zero attached hydrogens (tertiary/aromatic N) is 1. The first kappa shape index (κ1) is 14.9. The number of likely N-dealkylation sites (N-methyl/N-ethyl adjacent to an activating group) is 1. The Morgan fingerprint density at radius 2 is 2.00 bits per heavy atom. The van der Waals surface area contributed by atoms with Crippen LogP contribution in [-0.2, 0) is 4.74 Å². The Bertz CT molecular complexity index is 187. The summed E-state index contributed by atoms with van der Waals surface area (Å²) in [4.78, 5) is 2.46. The van der Waals surface area contributed by atoms with Crippen molar-refractivity contribution in [2.45, 2.75) is 51.5 Å². The fourth-order valence-corrected chi connectivity index (χ4v) is 2.77. The summed E-state index contributed by atoms with van der Waals surface area (Å²) in [5.41, 5.74) is 5.87. The minimum absolute atomic E-state index is 0.684.